The van der Waals surface area contributed by atoms with E-state index >= 15 is 0 Å². The van der Waals surface area contributed by atoms with Crippen LogP contribution in [0.4, 0.5) is 0 Å². The van der Waals surface area contributed by atoms with Crippen LogP contribution in [-0.2, 0) is 12.0 Å². The molecule has 1 aromatic heterocycles. The highest BCUT2D eigenvalue weighted by atomic mass is 16.5. The van der Waals surface area contributed by atoms with E-state index in [1.165, 1.54) is 5.56 Å². The van der Waals surface area contributed by atoms with Crippen LogP contribution in [0.1, 0.15) is 42.6 Å². The second-order valence-corrected chi connectivity index (χ2v) is 7.37. The van der Waals surface area contributed by atoms with Crippen molar-refractivity contribution in [3.8, 4) is 11.4 Å². The lowest BCUT2D eigenvalue weighted by molar-refractivity contribution is 0.0769. The van der Waals surface area contributed by atoms with Gasteiger partial charge >= 0.3 is 0 Å². The Morgan fingerprint density at radius 2 is 1.69 bits per heavy atom. The van der Waals surface area contributed by atoms with Gasteiger partial charge in [-0.2, -0.15) is 4.98 Å². The van der Waals surface area contributed by atoms with E-state index in [2.05, 4.69) is 30.9 Å². The van der Waals surface area contributed by atoms with E-state index in [1.807, 2.05) is 54.6 Å². The van der Waals surface area contributed by atoms with Gasteiger partial charge in [0.15, 0.2) is 0 Å². The van der Waals surface area contributed by atoms with Gasteiger partial charge in [0.25, 0.3) is 5.91 Å². The topological polar surface area (TPSA) is 59.2 Å². The fraction of sp³-hybridized carbons (Fsp3) is 0.286. The van der Waals surface area contributed by atoms with Crippen molar-refractivity contribution in [3.05, 3.63) is 71.6 Å². The second kappa shape index (κ2) is 7.12. The molecule has 0 radical (unpaired) electrons. The van der Waals surface area contributed by atoms with Crippen molar-refractivity contribution in [3.63, 3.8) is 0 Å². The predicted molar refractivity (Wildman–Crippen MR) is 101 cm³/mol. The number of benzene rings is 2. The first kappa shape index (κ1) is 17.9. The Balaban J connectivity index is 1.69. The van der Waals surface area contributed by atoms with Gasteiger partial charge in [0, 0.05) is 18.2 Å². The molecule has 0 aliphatic carbocycles. The highest BCUT2D eigenvalue weighted by Gasteiger charge is 2.18. The minimum Gasteiger partial charge on any atom is -0.337 e. The van der Waals surface area contributed by atoms with Crippen LogP contribution >= 0.6 is 0 Å². The van der Waals surface area contributed by atoms with Crippen molar-refractivity contribution in [1.29, 1.82) is 0 Å². The molecule has 0 N–H and O–H groups in total. The summed E-state index contributed by atoms with van der Waals surface area (Å²) in [5, 5.41) is 3.99. The Hall–Kier alpha value is -2.95. The van der Waals surface area contributed by atoms with Crippen molar-refractivity contribution in [1.82, 2.24) is 15.0 Å². The van der Waals surface area contributed by atoms with Crippen LogP contribution in [0.3, 0.4) is 0 Å². The van der Waals surface area contributed by atoms with E-state index in [4.69, 9.17) is 4.52 Å². The molecule has 3 aromatic rings. The summed E-state index contributed by atoms with van der Waals surface area (Å²) >= 11 is 0. The van der Waals surface area contributed by atoms with E-state index in [1.54, 1.807) is 11.9 Å². The zero-order valence-electron chi connectivity index (χ0n) is 15.6. The lowest BCUT2D eigenvalue weighted by Gasteiger charge is -2.20. The predicted octanol–water partition coefficient (Wildman–Crippen LogP) is 4.31. The van der Waals surface area contributed by atoms with Gasteiger partial charge in [-0.3, -0.25) is 4.79 Å². The van der Waals surface area contributed by atoms with Crippen molar-refractivity contribution >= 4 is 5.91 Å². The minimum atomic E-state index is -0.0788. The van der Waals surface area contributed by atoms with E-state index in [9.17, 15) is 4.79 Å². The van der Waals surface area contributed by atoms with E-state index in [0.29, 0.717) is 17.3 Å². The monoisotopic (exact) mass is 349 g/mol. The van der Waals surface area contributed by atoms with Gasteiger partial charge in [-0.15, -0.1) is 0 Å². The molecule has 1 heterocycles. The van der Waals surface area contributed by atoms with Crippen LogP contribution in [0.2, 0.25) is 0 Å². The fourth-order valence-electron chi connectivity index (χ4n) is 2.63. The molecule has 0 saturated heterocycles. The Morgan fingerprint density at radius 1 is 1.04 bits per heavy atom. The molecule has 5 nitrogen and oxygen atoms in total. The van der Waals surface area contributed by atoms with Gasteiger partial charge in [-0.1, -0.05) is 68.4 Å². The third kappa shape index (κ3) is 3.99. The molecule has 0 bridgehead atoms. The molecule has 134 valence electrons. The average molecular weight is 349 g/mol. The second-order valence-electron chi connectivity index (χ2n) is 7.37. The summed E-state index contributed by atoms with van der Waals surface area (Å²) in [6.45, 7) is 6.71. The summed E-state index contributed by atoms with van der Waals surface area (Å²) in [7, 11) is 1.73. The lowest BCUT2D eigenvalue weighted by atomic mass is 9.86. The Morgan fingerprint density at radius 3 is 2.31 bits per heavy atom. The number of aromatic nitrogens is 2. The van der Waals surface area contributed by atoms with Gasteiger partial charge < -0.3 is 9.42 Å². The van der Waals surface area contributed by atoms with Crippen LogP contribution in [0.15, 0.2) is 59.1 Å². The molecule has 0 saturated carbocycles. The molecule has 5 heteroatoms. The number of amides is 1. The first-order chi connectivity index (χ1) is 12.3. The number of rotatable bonds is 4. The molecule has 0 atom stereocenters. The van der Waals surface area contributed by atoms with Gasteiger partial charge in [0.2, 0.25) is 11.7 Å². The quantitative estimate of drug-likeness (QED) is 0.704. The Kier molecular flexibility index (Phi) is 4.89. The molecule has 26 heavy (non-hydrogen) atoms. The molecule has 3 rings (SSSR count). The highest BCUT2D eigenvalue weighted by molar-refractivity contribution is 5.94. The summed E-state index contributed by atoms with van der Waals surface area (Å²) < 4.78 is 5.28. The maximum Gasteiger partial charge on any atom is 0.254 e. The summed E-state index contributed by atoms with van der Waals surface area (Å²) in [5.41, 5.74) is 2.78. The number of hydrogen-bond donors (Lipinski definition) is 0. The molecule has 0 aliphatic heterocycles. The molecular weight excluding hydrogens is 326 g/mol. The van der Waals surface area contributed by atoms with Crippen molar-refractivity contribution in [2.45, 2.75) is 32.7 Å². The third-order valence-corrected chi connectivity index (χ3v) is 4.22. The number of carbonyl (C=O) groups is 1. The van der Waals surface area contributed by atoms with Gasteiger partial charge in [-0.25, -0.2) is 0 Å². The number of nitrogens with zero attached hydrogens (tertiary/aromatic N) is 3. The van der Waals surface area contributed by atoms with Crippen LogP contribution in [0.25, 0.3) is 11.4 Å². The summed E-state index contributed by atoms with van der Waals surface area (Å²) in [5.74, 6) is 0.854. The fourth-order valence-corrected chi connectivity index (χ4v) is 2.63. The number of hydrogen-bond acceptors (Lipinski definition) is 4. The third-order valence-electron chi connectivity index (χ3n) is 4.22. The maximum absolute atomic E-state index is 12.6. The van der Waals surface area contributed by atoms with Crippen LogP contribution in [0.5, 0.6) is 0 Å². The zero-order chi connectivity index (χ0) is 18.7. The standard InChI is InChI=1S/C21H23N3O2/c1-21(2,3)17-12-10-16(11-13-17)20(25)24(4)14-18-22-19(23-26-18)15-8-6-5-7-9-15/h5-13H,14H2,1-4H3. The molecular formula is C21H23N3O2. The van der Waals surface area contributed by atoms with Crippen molar-refractivity contribution in [2.24, 2.45) is 0 Å². The SMILES string of the molecule is CN(Cc1nc(-c2ccccc2)no1)C(=O)c1ccc(C(C)(C)C)cc1. The van der Waals surface area contributed by atoms with E-state index in [-0.39, 0.29) is 17.9 Å². The number of carbonyl (C=O) groups excluding carboxylic acids is 1. The highest BCUT2D eigenvalue weighted by Crippen LogP contribution is 2.22. The largest absolute Gasteiger partial charge is 0.337 e. The lowest BCUT2D eigenvalue weighted by Crippen LogP contribution is -2.26. The first-order valence-corrected chi connectivity index (χ1v) is 8.58. The summed E-state index contributed by atoms with van der Waals surface area (Å²) in [6.07, 6.45) is 0. The minimum absolute atomic E-state index is 0.0606. The van der Waals surface area contributed by atoms with Crippen LogP contribution in [-0.4, -0.2) is 28.0 Å². The molecule has 1 amide bonds. The zero-order valence-corrected chi connectivity index (χ0v) is 15.6. The summed E-state index contributed by atoms with van der Waals surface area (Å²) in [6, 6.07) is 17.3. The first-order valence-electron chi connectivity index (χ1n) is 8.58. The maximum atomic E-state index is 12.6. The normalized spacial score (nSPS) is 11.4. The van der Waals surface area contributed by atoms with Crippen LogP contribution in [0, 0.1) is 0 Å². The Labute approximate surface area is 153 Å². The average Bonchev–Trinajstić information content (AvgIpc) is 3.09. The smallest absolute Gasteiger partial charge is 0.254 e. The Bertz CT molecular complexity index is 878. The van der Waals surface area contributed by atoms with Gasteiger partial charge in [0.05, 0.1) is 6.54 Å². The van der Waals surface area contributed by atoms with Gasteiger partial charge in [0.1, 0.15) is 0 Å². The van der Waals surface area contributed by atoms with Gasteiger partial charge in [-0.05, 0) is 23.1 Å². The van der Waals surface area contributed by atoms with Crippen molar-refractivity contribution < 1.29 is 9.32 Å². The summed E-state index contributed by atoms with van der Waals surface area (Å²) in [4.78, 5) is 18.6. The molecule has 0 spiro atoms. The molecule has 0 aliphatic rings. The van der Waals surface area contributed by atoms with Crippen molar-refractivity contribution in [2.75, 3.05) is 7.05 Å². The van der Waals surface area contributed by atoms with Crippen LogP contribution < -0.4 is 0 Å². The van der Waals surface area contributed by atoms with E-state index in [0.717, 1.165) is 5.56 Å². The molecule has 0 fully saturated rings. The molecule has 0 unspecified atom stereocenters. The molecule has 2 aromatic carbocycles. The van der Waals surface area contributed by atoms with E-state index < -0.39 is 0 Å².